The van der Waals surface area contributed by atoms with Crippen molar-refractivity contribution < 1.29 is 9.47 Å². The van der Waals surface area contributed by atoms with E-state index in [0.29, 0.717) is 6.04 Å². The summed E-state index contributed by atoms with van der Waals surface area (Å²) in [6.07, 6.45) is 6.27. The van der Waals surface area contributed by atoms with Crippen LogP contribution in [0.3, 0.4) is 0 Å². The summed E-state index contributed by atoms with van der Waals surface area (Å²) in [5.74, 6) is 1.75. The van der Waals surface area contributed by atoms with Gasteiger partial charge in [0.05, 0.1) is 6.61 Å². The summed E-state index contributed by atoms with van der Waals surface area (Å²) in [4.78, 5) is 6.81. The number of aliphatic imine (C=N–C) groups is 1. The molecule has 0 aromatic rings. The van der Waals surface area contributed by atoms with Crippen LogP contribution in [0.1, 0.15) is 32.1 Å². The van der Waals surface area contributed by atoms with E-state index in [1.54, 1.807) is 7.11 Å². The quantitative estimate of drug-likeness (QED) is 0.216. The van der Waals surface area contributed by atoms with Crippen LogP contribution in [0.2, 0.25) is 0 Å². The van der Waals surface area contributed by atoms with E-state index in [9.17, 15) is 0 Å². The van der Waals surface area contributed by atoms with Crippen molar-refractivity contribution in [1.82, 2.24) is 15.5 Å². The first-order chi connectivity index (χ1) is 11.3. The van der Waals surface area contributed by atoms with Crippen LogP contribution in [0.4, 0.5) is 0 Å². The first-order valence-corrected chi connectivity index (χ1v) is 9.08. The maximum Gasteiger partial charge on any atom is 0.191 e. The van der Waals surface area contributed by atoms with Crippen LogP contribution in [0.5, 0.6) is 0 Å². The van der Waals surface area contributed by atoms with Gasteiger partial charge < -0.3 is 20.1 Å². The van der Waals surface area contributed by atoms with Gasteiger partial charge in [-0.15, -0.1) is 24.0 Å². The third-order valence-corrected chi connectivity index (χ3v) is 4.62. The number of rotatable bonds is 11. The summed E-state index contributed by atoms with van der Waals surface area (Å²) in [6.45, 7) is 6.65. The Morgan fingerprint density at radius 1 is 1.21 bits per heavy atom. The predicted octanol–water partition coefficient (Wildman–Crippen LogP) is 1.70. The summed E-state index contributed by atoms with van der Waals surface area (Å²) < 4.78 is 10.8. The smallest absolute Gasteiger partial charge is 0.191 e. The molecule has 2 fully saturated rings. The Hall–Kier alpha value is -0.120. The van der Waals surface area contributed by atoms with Gasteiger partial charge in [-0.3, -0.25) is 9.89 Å². The van der Waals surface area contributed by atoms with E-state index in [4.69, 9.17) is 9.47 Å². The molecule has 2 rings (SSSR count). The van der Waals surface area contributed by atoms with Crippen molar-refractivity contribution in [3.8, 4) is 0 Å². The summed E-state index contributed by atoms with van der Waals surface area (Å²) >= 11 is 0. The second-order valence-corrected chi connectivity index (χ2v) is 6.58. The highest BCUT2D eigenvalue weighted by Crippen LogP contribution is 2.28. The average Bonchev–Trinajstić information content (AvgIpc) is 3.29. The fourth-order valence-electron chi connectivity index (χ4n) is 2.98. The Kier molecular flexibility index (Phi) is 12.0. The van der Waals surface area contributed by atoms with Gasteiger partial charge in [0.15, 0.2) is 5.96 Å². The molecule has 6 nitrogen and oxygen atoms in total. The highest BCUT2D eigenvalue weighted by Gasteiger charge is 2.24. The van der Waals surface area contributed by atoms with Crippen molar-refractivity contribution in [3.05, 3.63) is 0 Å². The summed E-state index contributed by atoms with van der Waals surface area (Å²) in [7, 11) is 3.60. The molecule has 0 radical (unpaired) electrons. The van der Waals surface area contributed by atoms with E-state index >= 15 is 0 Å². The normalized spacial score (nSPS) is 21.6. The highest BCUT2D eigenvalue weighted by atomic mass is 127. The molecule has 1 saturated carbocycles. The number of nitrogens with zero attached hydrogens (tertiary/aromatic N) is 2. The van der Waals surface area contributed by atoms with Crippen molar-refractivity contribution in [2.75, 3.05) is 60.2 Å². The fourth-order valence-corrected chi connectivity index (χ4v) is 2.98. The Morgan fingerprint density at radius 2 is 2.04 bits per heavy atom. The molecule has 2 N–H and O–H groups in total. The van der Waals surface area contributed by atoms with Gasteiger partial charge in [-0.05, 0) is 44.6 Å². The van der Waals surface area contributed by atoms with Gasteiger partial charge in [-0.1, -0.05) is 0 Å². The molecule has 1 heterocycles. The van der Waals surface area contributed by atoms with Crippen LogP contribution < -0.4 is 10.6 Å². The molecule has 0 bridgehead atoms. The van der Waals surface area contributed by atoms with Gasteiger partial charge in [0.25, 0.3) is 0 Å². The van der Waals surface area contributed by atoms with E-state index in [2.05, 4.69) is 20.5 Å². The highest BCUT2D eigenvalue weighted by molar-refractivity contribution is 14.0. The average molecular weight is 454 g/mol. The number of methoxy groups -OCH3 is 1. The minimum absolute atomic E-state index is 0. The lowest BCUT2D eigenvalue weighted by molar-refractivity contribution is 0.123. The van der Waals surface area contributed by atoms with Crippen LogP contribution >= 0.6 is 24.0 Å². The number of hydrogen-bond donors (Lipinski definition) is 2. The molecule has 1 unspecified atom stereocenters. The largest absolute Gasteiger partial charge is 0.383 e. The van der Waals surface area contributed by atoms with E-state index in [0.717, 1.165) is 57.8 Å². The first kappa shape index (κ1) is 21.9. The van der Waals surface area contributed by atoms with Crippen molar-refractivity contribution in [1.29, 1.82) is 0 Å². The number of nitrogens with one attached hydrogen (secondary N) is 2. The maximum absolute atomic E-state index is 5.65. The van der Waals surface area contributed by atoms with Gasteiger partial charge in [-0.2, -0.15) is 0 Å². The monoisotopic (exact) mass is 454 g/mol. The number of hydrogen-bond acceptors (Lipinski definition) is 4. The van der Waals surface area contributed by atoms with E-state index in [-0.39, 0.29) is 24.0 Å². The zero-order valence-corrected chi connectivity index (χ0v) is 17.6. The molecule has 0 spiro atoms. The molecule has 1 aliphatic carbocycles. The molecular formula is C17H35IN4O2. The SMILES string of the molecule is CN=C(NCCCOCC1CC1)NCC1CCCN1CCOC.I. The Bertz CT molecular complexity index is 353. The zero-order valence-electron chi connectivity index (χ0n) is 15.3. The van der Waals surface area contributed by atoms with Gasteiger partial charge in [0, 0.05) is 53.0 Å². The summed E-state index contributed by atoms with van der Waals surface area (Å²) in [5.41, 5.74) is 0. The van der Waals surface area contributed by atoms with Crippen molar-refractivity contribution >= 4 is 29.9 Å². The number of ether oxygens (including phenoxy) is 2. The minimum Gasteiger partial charge on any atom is -0.383 e. The second kappa shape index (κ2) is 13.1. The predicted molar refractivity (Wildman–Crippen MR) is 109 cm³/mol. The molecule has 24 heavy (non-hydrogen) atoms. The number of halogens is 1. The number of guanidine groups is 1. The van der Waals surface area contributed by atoms with Crippen LogP contribution in [0.25, 0.3) is 0 Å². The van der Waals surface area contributed by atoms with Crippen LogP contribution in [-0.4, -0.2) is 77.1 Å². The molecule has 0 amide bonds. The standard InChI is InChI=1S/C17H34N4O2.HI/c1-18-17(19-8-4-11-23-14-15-6-7-15)20-13-16-5-3-9-21(16)10-12-22-2;/h15-16H,3-14H2,1-2H3,(H2,18,19,20);1H. The van der Waals surface area contributed by atoms with Gasteiger partial charge >= 0.3 is 0 Å². The van der Waals surface area contributed by atoms with Crippen molar-refractivity contribution in [3.63, 3.8) is 0 Å². The summed E-state index contributed by atoms with van der Waals surface area (Å²) in [5, 5.41) is 6.82. The van der Waals surface area contributed by atoms with Gasteiger partial charge in [0.2, 0.25) is 0 Å². The molecule has 0 aromatic heterocycles. The third kappa shape index (κ3) is 8.82. The molecule has 1 saturated heterocycles. The lowest BCUT2D eigenvalue weighted by Crippen LogP contribution is -2.45. The molecular weight excluding hydrogens is 419 g/mol. The van der Waals surface area contributed by atoms with Crippen LogP contribution in [-0.2, 0) is 9.47 Å². The van der Waals surface area contributed by atoms with Crippen molar-refractivity contribution in [2.45, 2.75) is 38.1 Å². The van der Waals surface area contributed by atoms with E-state index < -0.39 is 0 Å². The van der Waals surface area contributed by atoms with Gasteiger partial charge in [0.1, 0.15) is 0 Å². The maximum atomic E-state index is 5.65. The third-order valence-electron chi connectivity index (χ3n) is 4.62. The van der Waals surface area contributed by atoms with E-state index in [1.807, 2.05) is 7.05 Å². The van der Waals surface area contributed by atoms with Crippen LogP contribution in [0.15, 0.2) is 4.99 Å². The fraction of sp³-hybridized carbons (Fsp3) is 0.941. The van der Waals surface area contributed by atoms with Gasteiger partial charge in [-0.25, -0.2) is 0 Å². The Balaban J connectivity index is 0.00000288. The molecule has 142 valence electrons. The molecule has 1 atom stereocenters. The summed E-state index contributed by atoms with van der Waals surface area (Å²) in [6, 6.07) is 0.588. The first-order valence-electron chi connectivity index (χ1n) is 9.08. The lowest BCUT2D eigenvalue weighted by Gasteiger charge is -2.25. The lowest BCUT2D eigenvalue weighted by atomic mass is 10.2. The van der Waals surface area contributed by atoms with Crippen LogP contribution in [0, 0.1) is 5.92 Å². The number of likely N-dealkylation sites (tertiary alicyclic amines) is 1. The second-order valence-electron chi connectivity index (χ2n) is 6.58. The molecule has 7 heteroatoms. The topological polar surface area (TPSA) is 58.1 Å². The van der Waals surface area contributed by atoms with Crippen molar-refractivity contribution in [2.24, 2.45) is 10.9 Å². The molecule has 2 aliphatic rings. The Labute approximate surface area is 164 Å². The molecule has 1 aliphatic heterocycles. The zero-order chi connectivity index (χ0) is 16.3. The molecule has 0 aromatic carbocycles. The minimum atomic E-state index is 0. The Morgan fingerprint density at radius 3 is 2.75 bits per heavy atom. The van der Waals surface area contributed by atoms with E-state index in [1.165, 1.54) is 32.2 Å².